The van der Waals surface area contributed by atoms with Gasteiger partial charge in [-0.3, -0.25) is 4.68 Å². The summed E-state index contributed by atoms with van der Waals surface area (Å²) in [4.78, 5) is 4.22. The van der Waals surface area contributed by atoms with Gasteiger partial charge in [-0.1, -0.05) is 28.1 Å². The normalized spacial score (nSPS) is 22.2. The summed E-state index contributed by atoms with van der Waals surface area (Å²) in [5.74, 6) is 1.56. The van der Waals surface area contributed by atoms with E-state index >= 15 is 0 Å². The van der Waals surface area contributed by atoms with Gasteiger partial charge in [0.25, 0.3) is 0 Å². The van der Waals surface area contributed by atoms with Crippen molar-refractivity contribution in [3.8, 4) is 0 Å². The van der Waals surface area contributed by atoms with Crippen LogP contribution in [0.4, 0.5) is 0 Å². The molecule has 5 heteroatoms. The molecule has 1 aliphatic carbocycles. The lowest BCUT2D eigenvalue weighted by molar-refractivity contribution is 0.287. The molecule has 2 aromatic rings. The van der Waals surface area contributed by atoms with Crippen LogP contribution in [0.25, 0.3) is 0 Å². The van der Waals surface area contributed by atoms with Crippen molar-refractivity contribution in [1.29, 1.82) is 0 Å². The van der Waals surface area contributed by atoms with Crippen LogP contribution in [0.1, 0.15) is 30.1 Å². The van der Waals surface area contributed by atoms with Gasteiger partial charge in [-0.05, 0) is 36.5 Å². The van der Waals surface area contributed by atoms with Crippen LogP contribution in [-0.2, 0) is 13.6 Å². The monoisotopic (exact) mass is 320 g/mol. The standard InChI is InChI=1S/C14H17BrN4/c1-19-9-17-14(18-19)8-16-13-6-11(7-13)10-3-2-4-12(15)5-10/h2-5,9,11,13,16H,6-8H2,1H3. The summed E-state index contributed by atoms with van der Waals surface area (Å²) in [6, 6.07) is 9.21. The van der Waals surface area contributed by atoms with E-state index in [0.29, 0.717) is 12.0 Å². The molecule has 1 aromatic heterocycles. The van der Waals surface area contributed by atoms with Crippen LogP contribution in [0, 0.1) is 0 Å². The fourth-order valence-corrected chi connectivity index (χ4v) is 2.93. The van der Waals surface area contributed by atoms with Crippen molar-refractivity contribution in [2.75, 3.05) is 0 Å². The minimum atomic E-state index is 0.591. The molecule has 0 atom stereocenters. The predicted molar refractivity (Wildman–Crippen MR) is 77.7 cm³/mol. The van der Waals surface area contributed by atoms with Gasteiger partial charge in [-0.2, -0.15) is 5.10 Å². The topological polar surface area (TPSA) is 42.7 Å². The summed E-state index contributed by atoms with van der Waals surface area (Å²) in [5.41, 5.74) is 1.43. The van der Waals surface area contributed by atoms with E-state index < -0.39 is 0 Å². The van der Waals surface area contributed by atoms with Crippen LogP contribution in [0.3, 0.4) is 0 Å². The van der Waals surface area contributed by atoms with Gasteiger partial charge >= 0.3 is 0 Å². The number of hydrogen-bond donors (Lipinski definition) is 1. The summed E-state index contributed by atoms with van der Waals surface area (Å²) in [5, 5.41) is 7.78. The number of hydrogen-bond acceptors (Lipinski definition) is 3. The first kappa shape index (κ1) is 12.8. The van der Waals surface area contributed by atoms with E-state index in [1.54, 1.807) is 11.0 Å². The molecule has 1 aromatic carbocycles. The summed E-state index contributed by atoms with van der Waals surface area (Å²) < 4.78 is 2.90. The third-order valence-electron chi connectivity index (χ3n) is 3.65. The number of aryl methyl sites for hydroxylation is 1. The first-order valence-corrected chi connectivity index (χ1v) is 7.33. The Morgan fingerprint density at radius 1 is 1.42 bits per heavy atom. The smallest absolute Gasteiger partial charge is 0.164 e. The Balaban J connectivity index is 1.48. The van der Waals surface area contributed by atoms with Crippen LogP contribution >= 0.6 is 15.9 Å². The fraction of sp³-hybridized carbons (Fsp3) is 0.429. The maximum atomic E-state index is 4.27. The number of benzene rings is 1. The van der Waals surface area contributed by atoms with Crippen LogP contribution < -0.4 is 5.32 Å². The van der Waals surface area contributed by atoms with Crippen molar-refractivity contribution >= 4 is 15.9 Å². The highest BCUT2D eigenvalue weighted by Crippen LogP contribution is 2.37. The van der Waals surface area contributed by atoms with Gasteiger partial charge < -0.3 is 5.32 Å². The third-order valence-corrected chi connectivity index (χ3v) is 4.15. The van der Waals surface area contributed by atoms with Crippen LogP contribution in [0.15, 0.2) is 35.1 Å². The van der Waals surface area contributed by atoms with Crippen molar-refractivity contribution in [3.05, 3.63) is 46.5 Å². The van der Waals surface area contributed by atoms with Gasteiger partial charge in [0.05, 0.1) is 6.54 Å². The Morgan fingerprint density at radius 2 is 2.26 bits per heavy atom. The van der Waals surface area contributed by atoms with Crippen molar-refractivity contribution < 1.29 is 0 Å². The Labute approximate surface area is 121 Å². The maximum absolute atomic E-state index is 4.27. The average molecular weight is 321 g/mol. The molecule has 0 radical (unpaired) electrons. The van der Waals surface area contributed by atoms with Gasteiger partial charge in [-0.15, -0.1) is 0 Å². The highest BCUT2D eigenvalue weighted by atomic mass is 79.9. The minimum Gasteiger partial charge on any atom is -0.307 e. The molecule has 1 heterocycles. The van der Waals surface area contributed by atoms with E-state index in [0.717, 1.165) is 12.4 Å². The quantitative estimate of drug-likeness (QED) is 0.941. The van der Waals surface area contributed by atoms with Crippen molar-refractivity contribution in [3.63, 3.8) is 0 Å². The largest absolute Gasteiger partial charge is 0.307 e. The number of nitrogens with one attached hydrogen (secondary N) is 1. The number of nitrogens with zero attached hydrogens (tertiary/aromatic N) is 3. The molecule has 0 saturated heterocycles. The lowest BCUT2D eigenvalue weighted by atomic mass is 9.76. The van der Waals surface area contributed by atoms with Crippen LogP contribution in [-0.4, -0.2) is 20.8 Å². The SMILES string of the molecule is Cn1cnc(CNC2CC(c3cccc(Br)c3)C2)n1. The lowest BCUT2D eigenvalue weighted by Gasteiger charge is -2.36. The van der Waals surface area contributed by atoms with Crippen molar-refractivity contribution in [2.24, 2.45) is 7.05 Å². The van der Waals surface area contributed by atoms with Gasteiger partial charge in [-0.25, -0.2) is 4.98 Å². The molecule has 1 fully saturated rings. The fourth-order valence-electron chi connectivity index (χ4n) is 2.52. The summed E-state index contributed by atoms with van der Waals surface area (Å²) >= 11 is 3.53. The van der Waals surface area contributed by atoms with E-state index in [1.165, 1.54) is 22.9 Å². The molecule has 0 unspecified atom stereocenters. The first-order chi connectivity index (χ1) is 9.20. The Hall–Kier alpha value is -1.20. The molecular weight excluding hydrogens is 304 g/mol. The van der Waals surface area contributed by atoms with Gasteiger partial charge in [0.1, 0.15) is 6.33 Å². The van der Waals surface area contributed by atoms with Gasteiger partial charge in [0.2, 0.25) is 0 Å². The average Bonchev–Trinajstić information content (AvgIpc) is 2.73. The Bertz CT molecular complexity index is 560. The molecular formula is C14H17BrN4. The molecule has 0 aliphatic heterocycles. The third kappa shape index (κ3) is 3.04. The molecule has 1 N–H and O–H groups in total. The molecule has 0 amide bonds. The van der Waals surface area contributed by atoms with E-state index in [1.807, 2.05) is 7.05 Å². The highest BCUT2D eigenvalue weighted by molar-refractivity contribution is 9.10. The molecule has 1 saturated carbocycles. The zero-order valence-electron chi connectivity index (χ0n) is 10.9. The number of rotatable bonds is 4. The maximum Gasteiger partial charge on any atom is 0.164 e. The van der Waals surface area contributed by atoms with Crippen molar-refractivity contribution in [1.82, 2.24) is 20.1 Å². The minimum absolute atomic E-state index is 0.591. The molecule has 19 heavy (non-hydrogen) atoms. The zero-order chi connectivity index (χ0) is 13.2. The summed E-state index contributed by atoms with van der Waals surface area (Å²) in [6.07, 6.45) is 4.13. The summed E-state index contributed by atoms with van der Waals surface area (Å²) in [7, 11) is 1.89. The molecule has 0 bridgehead atoms. The predicted octanol–water partition coefficient (Wildman–Crippen LogP) is 2.61. The van der Waals surface area contributed by atoms with Gasteiger partial charge in [0.15, 0.2) is 5.82 Å². The second kappa shape index (κ2) is 5.43. The molecule has 3 rings (SSSR count). The Kier molecular flexibility index (Phi) is 3.66. The van der Waals surface area contributed by atoms with E-state index in [2.05, 4.69) is 55.6 Å². The van der Waals surface area contributed by atoms with Crippen LogP contribution in [0.5, 0.6) is 0 Å². The second-order valence-corrected chi connectivity index (χ2v) is 6.05. The lowest BCUT2D eigenvalue weighted by Crippen LogP contribution is -2.39. The zero-order valence-corrected chi connectivity index (χ0v) is 12.5. The highest BCUT2D eigenvalue weighted by Gasteiger charge is 2.29. The number of halogens is 1. The van der Waals surface area contributed by atoms with Crippen molar-refractivity contribution in [2.45, 2.75) is 31.3 Å². The number of aromatic nitrogens is 3. The summed E-state index contributed by atoms with van der Waals surface area (Å²) in [6.45, 7) is 0.761. The van der Waals surface area contributed by atoms with E-state index in [9.17, 15) is 0 Å². The molecule has 0 spiro atoms. The van der Waals surface area contributed by atoms with Crippen LogP contribution in [0.2, 0.25) is 0 Å². The molecule has 4 nitrogen and oxygen atoms in total. The molecule has 1 aliphatic rings. The molecule has 100 valence electrons. The first-order valence-electron chi connectivity index (χ1n) is 6.54. The van der Waals surface area contributed by atoms with Gasteiger partial charge in [0, 0.05) is 17.6 Å². The Morgan fingerprint density at radius 3 is 2.95 bits per heavy atom. The van der Waals surface area contributed by atoms with E-state index in [-0.39, 0.29) is 0 Å². The second-order valence-electron chi connectivity index (χ2n) is 5.14. The van der Waals surface area contributed by atoms with E-state index in [4.69, 9.17) is 0 Å².